The second-order valence-corrected chi connectivity index (χ2v) is 6.24. The first kappa shape index (κ1) is 16.8. The minimum Gasteiger partial charge on any atom is -0.423 e. The van der Waals surface area contributed by atoms with Crippen molar-refractivity contribution < 1.29 is 13.9 Å². The van der Waals surface area contributed by atoms with Gasteiger partial charge in [-0.25, -0.2) is 9.97 Å². The van der Waals surface area contributed by atoms with E-state index in [4.69, 9.17) is 20.8 Å². The Hall–Kier alpha value is -2.06. The molecule has 0 unspecified atom stereocenters. The molecule has 3 heterocycles. The van der Waals surface area contributed by atoms with Gasteiger partial charge >= 0.3 is 0 Å². The van der Waals surface area contributed by atoms with Crippen molar-refractivity contribution in [3.63, 3.8) is 0 Å². The summed E-state index contributed by atoms with van der Waals surface area (Å²) >= 11 is 6.09. The van der Waals surface area contributed by atoms with Gasteiger partial charge in [0, 0.05) is 12.5 Å². The summed E-state index contributed by atoms with van der Waals surface area (Å²) in [5, 5.41) is 8.31. The van der Waals surface area contributed by atoms with Gasteiger partial charge in [0.1, 0.15) is 11.9 Å². The molecule has 0 aliphatic carbocycles. The average Bonchev–Trinajstić information content (AvgIpc) is 3.06. The van der Waals surface area contributed by atoms with Gasteiger partial charge in [-0.05, 0) is 6.92 Å². The predicted octanol–water partition coefficient (Wildman–Crippen LogP) is 2.16. The Morgan fingerprint density at radius 3 is 2.92 bits per heavy atom. The van der Waals surface area contributed by atoms with Crippen LogP contribution in [0, 0.1) is 6.92 Å². The van der Waals surface area contributed by atoms with Crippen molar-refractivity contribution in [2.45, 2.75) is 32.7 Å². The lowest BCUT2D eigenvalue weighted by molar-refractivity contribution is -0.0110. The van der Waals surface area contributed by atoms with Crippen LogP contribution in [0.3, 0.4) is 0 Å². The molecular formula is C15H18ClN5O3. The highest BCUT2D eigenvalue weighted by molar-refractivity contribution is 6.33. The van der Waals surface area contributed by atoms with Crippen LogP contribution in [0.1, 0.15) is 53.9 Å². The summed E-state index contributed by atoms with van der Waals surface area (Å²) in [6.07, 6.45) is 1.43. The first-order valence-electron chi connectivity index (χ1n) is 7.68. The largest absolute Gasteiger partial charge is 0.423 e. The third-order valence-electron chi connectivity index (χ3n) is 3.69. The number of aromatic nitrogens is 4. The van der Waals surface area contributed by atoms with Gasteiger partial charge in [-0.15, -0.1) is 10.2 Å². The van der Waals surface area contributed by atoms with Crippen LogP contribution >= 0.6 is 11.6 Å². The number of carbonyl (C=O) groups excluding carboxylic acids is 1. The van der Waals surface area contributed by atoms with Gasteiger partial charge in [-0.1, -0.05) is 25.4 Å². The van der Waals surface area contributed by atoms with E-state index in [0.29, 0.717) is 30.8 Å². The quantitative estimate of drug-likeness (QED) is 0.836. The van der Waals surface area contributed by atoms with E-state index in [0.717, 1.165) is 0 Å². The Morgan fingerprint density at radius 2 is 2.21 bits per heavy atom. The SMILES string of the molecule is Cc1ncc(Cl)c(C(=O)N2CCOC[C@@H]2c2nnc(C(C)C)o2)n1. The zero-order chi connectivity index (χ0) is 17.3. The van der Waals surface area contributed by atoms with Gasteiger partial charge in [0.2, 0.25) is 11.8 Å². The molecule has 0 saturated carbocycles. The monoisotopic (exact) mass is 351 g/mol. The molecule has 0 bridgehead atoms. The molecular weight excluding hydrogens is 334 g/mol. The summed E-state index contributed by atoms with van der Waals surface area (Å²) in [7, 11) is 0. The van der Waals surface area contributed by atoms with Gasteiger partial charge in [-0.2, -0.15) is 0 Å². The molecule has 1 saturated heterocycles. The normalized spacial score (nSPS) is 18.2. The Morgan fingerprint density at radius 1 is 1.42 bits per heavy atom. The van der Waals surface area contributed by atoms with E-state index in [1.54, 1.807) is 11.8 Å². The Kier molecular flexibility index (Phi) is 4.77. The average molecular weight is 352 g/mol. The Bertz CT molecular complexity index is 748. The highest BCUT2D eigenvalue weighted by Crippen LogP contribution is 2.27. The molecule has 24 heavy (non-hydrogen) atoms. The van der Waals surface area contributed by atoms with Gasteiger partial charge in [0.25, 0.3) is 5.91 Å². The first-order valence-corrected chi connectivity index (χ1v) is 8.06. The highest BCUT2D eigenvalue weighted by Gasteiger charge is 2.35. The molecule has 0 aromatic carbocycles. The molecule has 1 atom stereocenters. The first-order chi connectivity index (χ1) is 11.5. The van der Waals surface area contributed by atoms with E-state index in [1.807, 2.05) is 13.8 Å². The second-order valence-electron chi connectivity index (χ2n) is 5.84. The van der Waals surface area contributed by atoms with Crippen molar-refractivity contribution in [2.24, 2.45) is 0 Å². The number of rotatable bonds is 3. The maximum atomic E-state index is 12.9. The highest BCUT2D eigenvalue weighted by atomic mass is 35.5. The fourth-order valence-electron chi connectivity index (χ4n) is 2.41. The maximum Gasteiger partial charge on any atom is 0.274 e. The van der Waals surface area contributed by atoms with Crippen molar-refractivity contribution in [2.75, 3.05) is 19.8 Å². The van der Waals surface area contributed by atoms with Crippen molar-refractivity contribution in [3.8, 4) is 0 Å². The molecule has 0 radical (unpaired) electrons. The summed E-state index contributed by atoms with van der Waals surface area (Å²) in [6, 6.07) is -0.461. The van der Waals surface area contributed by atoms with E-state index in [-0.39, 0.29) is 29.1 Å². The van der Waals surface area contributed by atoms with Crippen molar-refractivity contribution in [3.05, 3.63) is 34.5 Å². The Balaban J connectivity index is 1.91. The van der Waals surface area contributed by atoms with E-state index >= 15 is 0 Å². The molecule has 2 aromatic rings. The fourth-order valence-corrected chi connectivity index (χ4v) is 2.58. The number of aryl methyl sites for hydroxylation is 1. The maximum absolute atomic E-state index is 12.9. The molecule has 8 nitrogen and oxygen atoms in total. The number of hydrogen-bond acceptors (Lipinski definition) is 7. The van der Waals surface area contributed by atoms with E-state index < -0.39 is 6.04 Å². The minimum atomic E-state index is -0.461. The van der Waals surface area contributed by atoms with Gasteiger partial charge in [0.05, 0.1) is 24.4 Å². The smallest absolute Gasteiger partial charge is 0.274 e. The molecule has 128 valence electrons. The van der Waals surface area contributed by atoms with Crippen LogP contribution in [-0.4, -0.2) is 50.7 Å². The van der Waals surface area contributed by atoms with Crippen LogP contribution < -0.4 is 0 Å². The molecule has 1 aliphatic heterocycles. The second kappa shape index (κ2) is 6.82. The number of carbonyl (C=O) groups is 1. The van der Waals surface area contributed by atoms with Gasteiger partial charge in [0.15, 0.2) is 5.69 Å². The number of morpholine rings is 1. The van der Waals surface area contributed by atoms with Crippen molar-refractivity contribution >= 4 is 17.5 Å². The van der Waals surface area contributed by atoms with Gasteiger partial charge in [-0.3, -0.25) is 4.79 Å². The van der Waals surface area contributed by atoms with Crippen molar-refractivity contribution in [1.29, 1.82) is 0 Å². The number of hydrogen-bond donors (Lipinski definition) is 0. The van der Waals surface area contributed by atoms with Crippen molar-refractivity contribution in [1.82, 2.24) is 25.1 Å². The molecule has 0 spiro atoms. The van der Waals surface area contributed by atoms with Crippen LogP contribution in [-0.2, 0) is 4.74 Å². The summed E-state index contributed by atoms with van der Waals surface area (Å²) < 4.78 is 11.2. The molecule has 1 aliphatic rings. The molecule has 1 fully saturated rings. The van der Waals surface area contributed by atoms with Crippen LogP contribution in [0.2, 0.25) is 5.02 Å². The molecule has 2 aromatic heterocycles. The zero-order valence-corrected chi connectivity index (χ0v) is 14.4. The Labute approximate surface area is 144 Å². The van der Waals surface area contributed by atoms with E-state index in [9.17, 15) is 4.79 Å². The van der Waals surface area contributed by atoms with Crippen LogP contribution in [0.15, 0.2) is 10.6 Å². The topological polar surface area (TPSA) is 94.2 Å². The zero-order valence-electron chi connectivity index (χ0n) is 13.7. The van der Waals surface area contributed by atoms with Gasteiger partial charge < -0.3 is 14.1 Å². The third kappa shape index (κ3) is 3.25. The number of ether oxygens (including phenoxy) is 1. The summed E-state index contributed by atoms with van der Waals surface area (Å²) in [5.41, 5.74) is 0.166. The number of nitrogens with zero attached hydrogens (tertiary/aromatic N) is 5. The summed E-state index contributed by atoms with van der Waals surface area (Å²) in [5.74, 6) is 1.17. The molecule has 3 rings (SSSR count). The predicted molar refractivity (Wildman–Crippen MR) is 84.8 cm³/mol. The van der Waals surface area contributed by atoms with E-state index in [2.05, 4.69) is 20.2 Å². The lowest BCUT2D eigenvalue weighted by Gasteiger charge is -2.33. The molecule has 9 heteroatoms. The number of halogens is 1. The van der Waals surface area contributed by atoms with Crippen LogP contribution in [0.25, 0.3) is 0 Å². The van der Waals surface area contributed by atoms with Crippen LogP contribution in [0.5, 0.6) is 0 Å². The summed E-state index contributed by atoms with van der Waals surface area (Å²) in [6.45, 7) is 6.73. The number of amides is 1. The summed E-state index contributed by atoms with van der Waals surface area (Å²) in [4.78, 5) is 22.7. The fraction of sp³-hybridized carbons (Fsp3) is 0.533. The van der Waals surface area contributed by atoms with Crippen LogP contribution in [0.4, 0.5) is 0 Å². The molecule has 1 amide bonds. The van der Waals surface area contributed by atoms with E-state index in [1.165, 1.54) is 6.20 Å². The molecule has 0 N–H and O–H groups in total. The lowest BCUT2D eigenvalue weighted by Crippen LogP contribution is -2.44. The standard InChI is InChI=1S/C15H18ClN5O3/c1-8(2)13-19-20-14(24-13)11-7-23-5-4-21(11)15(22)12-10(16)6-17-9(3)18-12/h6,8,11H,4-5,7H2,1-3H3/t11-/m1/s1. The minimum absolute atomic E-state index is 0.110. The lowest BCUT2D eigenvalue weighted by atomic mass is 10.2. The third-order valence-corrected chi connectivity index (χ3v) is 3.97.